The van der Waals surface area contributed by atoms with Crippen LogP contribution in [0.3, 0.4) is 0 Å². The summed E-state index contributed by atoms with van der Waals surface area (Å²) < 4.78 is 12.7. The third-order valence-corrected chi connectivity index (χ3v) is 10.2. The number of methoxy groups -OCH3 is 1. The van der Waals surface area contributed by atoms with E-state index in [4.69, 9.17) is 21.1 Å². The van der Waals surface area contributed by atoms with E-state index in [9.17, 15) is 9.59 Å². The number of nitrogens with zero attached hydrogens (tertiary/aromatic N) is 4. The zero-order chi connectivity index (χ0) is 41.4. The van der Waals surface area contributed by atoms with Gasteiger partial charge in [-0.05, 0) is 118 Å². The topological polar surface area (TPSA) is 135 Å². The minimum atomic E-state index is -2.18. The van der Waals surface area contributed by atoms with Gasteiger partial charge >= 0.3 is 0 Å². The number of hydrogen-bond acceptors (Lipinski definition) is 8. The molecule has 0 saturated carbocycles. The van der Waals surface area contributed by atoms with E-state index in [0.29, 0.717) is 29.3 Å². The highest BCUT2D eigenvalue weighted by atomic mass is 35.5. The first-order valence-corrected chi connectivity index (χ1v) is 19.0. The Labute approximate surface area is 338 Å². The predicted molar refractivity (Wildman–Crippen MR) is 225 cm³/mol. The lowest BCUT2D eigenvalue weighted by molar-refractivity contribution is -0.123. The first-order chi connectivity index (χ1) is 27.2. The average molecular weight is 793 g/mol. The van der Waals surface area contributed by atoms with Gasteiger partial charge < -0.3 is 29.9 Å². The molecule has 0 radical (unpaired) electrons. The van der Waals surface area contributed by atoms with Gasteiger partial charge in [0.05, 0.1) is 24.4 Å². The number of Topliss-reactive ketones (excluding diaryl/α,β-unsaturated/α-hetero) is 1. The van der Waals surface area contributed by atoms with E-state index in [2.05, 4.69) is 20.6 Å². The Bertz CT molecular complexity index is 2240. The largest absolute Gasteiger partial charge is 0.497 e. The maximum absolute atomic E-state index is 15.1. The van der Waals surface area contributed by atoms with E-state index in [1.54, 1.807) is 42.5 Å². The van der Waals surface area contributed by atoms with Gasteiger partial charge in [0.15, 0.2) is 6.10 Å². The quantitative estimate of drug-likeness (QED) is 0.0759. The summed E-state index contributed by atoms with van der Waals surface area (Å²) in [6.45, 7) is 11.4. The molecule has 0 spiro atoms. The van der Waals surface area contributed by atoms with E-state index in [0.717, 1.165) is 28.9 Å². The Morgan fingerprint density at radius 2 is 1.65 bits per heavy atom. The van der Waals surface area contributed by atoms with Crippen molar-refractivity contribution in [2.45, 2.75) is 59.6 Å². The van der Waals surface area contributed by atoms with E-state index in [1.165, 1.54) is 48.1 Å². The minimum absolute atomic E-state index is 0.111. The third-order valence-electron chi connectivity index (χ3n) is 9.90. The van der Waals surface area contributed by atoms with Gasteiger partial charge in [-0.1, -0.05) is 36.2 Å². The Balaban J connectivity index is 1.56. The highest BCUT2D eigenvalue weighted by molar-refractivity contribution is 6.34. The predicted octanol–water partition coefficient (Wildman–Crippen LogP) is 7.99. The molecule has 13 heteroatoms. The molecule has 5 aromatic rings. The number of aryl methyl sites for hydroxylation is 3. The Kier molecular flexibility index (Phi) is 13.4. The van der Waals surface area contributed by atoms with E-state index < -0.39 is 41.7 Å². The molecule has 2 atom stereocenters. The van der Waals surface area contributed by atoms with Crippen molar-refractivity contribution in [1.82, 2.24) is 9.78 Å². The standard InChI is InChI=1S/C44H49ClN6O6/c1-9-39(57-40-21-12-28(3)24-30(40)5)42(54)47-33-15-19-36(45)37(26-33)48-43(55)44(51-23-11-22-46-51,41(53)32-13-17-35(56-8)18-14-32)27-50(31(6)52)38-20-16-34(25-29(38)4)49(7)10-2/h11-26,39H,9-10,27H2,1-8H3,(H,47,54)(H,48,55). The van der Waals surface area contributed by atoms with Crippen LogP contribution in [0.25, 0.3) is 0 Å². The molecule has 0 fully saturated rings. The monoisotopic (exact) mass is 792 g/mol. The van der Waals surface area contributed by atoms with Crippen LogP contribution >= 0.6 is 11.6 Å². The van der Waals surface area contributed by atoms with Gasteiger partial charge in [0.2, 0.25) is 17.2 Å². The summed E-state index contributed by atoms with van der Waals surface area (Å²) in [6.07, 6.45) is 2.53. The van der Waals surface area contributed by atoms with E-state index in [1.807, 2.05) is 72.0 Å². The minimum Gasteiger partial charge on any atom is -0.497 e. The van der Waals surface area contributed by atoms with E-state index >= 15 is 9.59 Å². The van der Waals surface area contributed by atoms with Gasteiger partial charge in [0, 0.05) is 55.5 Å². The molecule has 2 unspecified atom stereocenters. The fourth-order valence-corrected chi connectivity index (χ4v) is 6.68. The number of nitrogens with one attached hydrogen (secondary N) is 2. The molecule has 57 heavy (non-hydrogen) atoms. The molecule has 0 saturated heterocycles. The van der Waals surface area contributed by atoms with Gasteiger partial charge in [-0.3, -0.25) is 19.2 Å². The van der Waals surface area contributed by atoms with Gasteiger partial charge in [-0.15, -0.1) is 0 Å². The van der Waals surface area contributed by atoms with Crippen molar-refractivity contribution in [3.63, 3.8) is 0 Å². The molecule has 2 N–H and O–H groups in total. The van der Waals surface area contributed by atoms with Crippen LogP contribution in [0, 0.1) is 20.8 Å². The molecule has 0 aliphatic heterocycles. The second-order valence-corrected chi connectivity index (χ2v) is 14.3. The highest BCUT2D eigenvalue weighted by Gasteiger charge is 2.51. The molecule has 298 valence electrons. The van der Waals surface area contributed by atoms with Crippen molar-refractivity contribution in [3.05, 3.63) is 125 Å². The van der Waals surface area contributed by atoms with Crippen LogP contribution in [0.15, 0.2) is 97.3 Å². The van der Waals surface area contributed by atoms with Crippen molar-refractivity contribution in [2.75, 3.05) is 47.7 Å². The zero-order valence-electron chi connectivity index (χ0n) is 33.6. The first-order valence-electron chi connectivity index (χ1n) is 18.7. The van der Waals surface area contributed by atoms with Crippen molar-refractivity contribution in [3.8, 4) is 11.5 Å². The van der Waals surface area contributed by atoms with Crippen LogP contribution in [-0.4, -0.2) is 66.6 Å². The summed E-state index contributed by atoms with van der Waals surface area (Å²) in [6, 6.07) is 23.9. The molecule has 3 amide bonds. The maximum atomic E-state index is 15.1. The van der Waals surface area contributed by atoms with Crippen LogP contribution in [0.4, 0.5) is 22.7 Å². The summed E-state index contributed by atoms with van der Waals surface area (Å²) in [5.74, 6) is -1.17. The number of carbonyl (C=O) groups is 4. The average Bonchev–Trinajstić information content (AvgIpc) is 3.74. The van der Waals surface area contributed by atoms with Crippen molar-refractivity contribution < 1.29 is 28.7 Å². The maximum Gasteiger partial charge on any atom is 0.265 e. The number of ether oxygens (including phenoxy) is 2. The fourth-order valence-electron chi connectivity index (χ4n) is 6.51. The molecular formula is C44H49ClN6O6. The Hall–Kier alpha value is -6.14. The van der Waals surface area contributed by atoms with Crippen LogP contribution in [-0.2, 0) is 19.9 Å². The number of benzene rings is 4. The van der Waals surface area contributed by atoms with E-state index in [-0.39, 0.29) is 16.3 Å². The number of halogens is 1. The SMILES string of the molecule is CCC(Oc1ccc(C)cc1C)C(=O)Nc1ccc(Cl)c(NC(=O)C(CN(C(C)=O)c2ccc(N(C)CC)cc2C)(C(=O)c2ccc(OC)cc2)n2cccn2)c1. The number of ketones is 1. The third kappa shape index (κ3) is 9.29. The summed E-state index contributed by atoms with van der Waals surface area (Å²) in [5.41, 5.74) is 2.62. The summed E-state index contributed by atoms with van der Waals surface area (Å²) in [5, 5.41) is 10.3. The number of rotatable bonds is 16. The summed E-state index contributed by atoms with van der Waals surface area (Å²) >= 11 is 6.69. The normalized spacial score (nSPS) is 12.5. The number of anilines is 4. The molecule has 0 bridgehead atoms. The molecule has 0 aliphatic rings. The van der Waals surface area contributed by atoms with Crippen LogP contribution < -0.4 is 29.9 Å². The molecule has 1 heterocycles. The van der Waals surface area contributed by atoms with Crippen LogP contribution in [0.5, 0.6) is 11.5 Å². The second-order valence-electron chi connectivity index (χ2n) is 13.9. The highest BCUT2D eigenvalue weighted by Crippen LogP contribution is 2.34. The second kappa shape index (κ2) is 18.2. The van der Waals surface area contributed by atoms with Gasteiger partial charge in [0.25, 0.3) is 11.8 Å². The molecule has 4 aromatic carbocycles. The molecular weight excluding hydrogens is 744 g/mol. The number of carbonyl (C=O) groups excluding carboxylic acids is 4. The van der Waals surface area contributed by atoms with Crippen molar-refractivity contribution in [2.24, 2.45) is 0 Å². The molecule has 1 aromatic heterocycles. The summed E-state index contributed by atoms with van der Waals surface area (Å²) in [4.78, 5) is 60.7. The number of aromatic nitrogens is 2. The van der Waals surface area contributed by atoms with Crippen molar-refractivity contribution >= 4 is 57.9 Å². The first kappa shape index (κ1) is 42.0. The van der Waals surface area contributed by atoms with Crippen molar-refractivity contribution in [1.29, 1.82) is 0 Å². The van der Waals surface area contributed by atoms with Gasteiger partial charge in [0.1, 0.15) is 11.5 Å². The number of amides is 3. The van der Waals surface area contributed by atoms with Gasteiger partial charge in [-0.2, -0.15) is 5.10 Å². The lowest BCUT2D eigenvalue weighted by atomic mass is 9.86. The van der Waals surface area contributed by atoms with Gasteiger partial charge in [-0.25, -0.2) is 4.68 Å². The smallest absolute Gasteiger partial charge is 0.265 e. The Morgan fingerprint density at radius 1 is 0.912 bits per heavy atom. The Morgan fingerprint density at radius 3 is 2.25 bits per heavy atom. The zero-order valence-corrected chi connectivity index (χ0v) is 34.3. The summed E-state index contributed by atoms with van der Waals surface area (Å²) in [7, 11) is 3.47. The molecule has 5 rings (SSSR count). The fraction of sp³-hybridized carbons (Fsp3) is 0.295. The molecule has 0 aliphatic carbocycles. The van der Waals surface area contributed by atoms with Crippen LogP contribution in [0.2, 0.25) is 5.02 Å². The molecule has 12 nitrogen and oxygen atoms in total. The lowest BCUT2D eigenvalue weighted by Crippen LogP contribution is -2.59. The number of hydrogen-bond donors (Lipinski definition) is 2. The lowest BCUT2D eigenvalue weighted by Gasteiger charge is -2.37. The van der Waals surface area contributed by atoms with Crippen LogP contribution in [0.1, 0.15) is 54.2 Å².